The van der Waals surface area contributed by atoms with Gasteiger partial charge in [0.2, 0.25) is 0 Å². The van der Waals surface area contributed by atoms with Crippen molar-refractivity contribution in [3.63, 3.8) is 0 Å². The Morgan fingerprint density at radius 1 is 1.12 bits per heavy atom. The van der Waals surface area contributed by atoms with E-state index in [0.717, 1.165) is 16.9 Å². The molecule has 0 aliphatic rings. The molecule has 0 spiro atoms. The van der Waals surface area contributed by atoms with Gasteiger partial charge in [-0.05, 0) is 23.8 Å². The Morgan fingerprint density at radius 3 is 2.69 bits per heavy atom. The van der Waals surface area contributed by atoms with Gasteiger partial charge >= 0.3 is 0 Å². The zero-order chi connectivity index (χ0) is 11.2. The van der Waals surface area contributed by atoms with Crippen LogP contribution in [0.4, 0.5) is 0 Å². The van der Waals surface area contributed by atoms with E-state index in [2.05, 4.69) is 6.07 Å². The van der Waals surface area contributed by atoms with Crippen LogP contribution in [-0.2, 0) is 0 Å². The molecular weight excluding hydrogens is 200 g/mol. The van der Waals surface area contributed by atoms with Crippen LogP contribution >= 0.6 is 0 Å². The van der Waals surface area contributed by atoms with E-state index in [-0.39, 0.29) is 6.61 Å². The van der Waals surface area contributed by atoms with Crippen LogP contribution in [0.25, 0.3) is 11.1 Å². The van der Waals surface area contributed by atoms with Gasteiger partial charge in [-0.2, -0.15) is 0 Å². The molecular formula is C14H13O2. The maximum Gasteiger partial charge on any atom is 0.127 e. The average Bonchev–Trinajstić information content (AvgIpc) is 2.38. The molecule has 0 heterocycles. The van der Waals surface area contributed by atoms with Gasteiger partial charge in [-0.3, -0.25) is 0 Å². The maximum absolute atomic E-state index is 8.76. The Bertz CT molecular complexity index is 437. The van der Waals surface area contributed by atoms with Crippen molar-refractivity contribution in [1.29, 1.82) is 0 Å². The normalized spacial score (nSPS) is 10.1. The Kier molecular flexibility index (Phi) is 3.57. The van der Waals surface area contributed by atoms with E-state index in [4.69, 9.17) is 9.84 Å². The standard InChI is InChI=1S/C14H13O2/c15-10-11-16-14-9-5-4-8-13(14)12-6-2-1-3-7-12/h1-3,5-9,15H,10-11H2. The topological polar surface area (TPSA) is 29.5 Å². The third kappa shape index (κ3) is 2.41. The average molecular weight is 213 g/mol. The Balaban J connectivity index is 2.33. The van der Waals surface area contributed by atoms with Crippen molar-refractivity contribution in [2.45, 2.75) is 0 Å². The van der Waals surface area contributed by atoms with Crippen molar-refractivity contribution >= 4 is 0 Å². The number of ether oxygens (including phenoxy) is 1. The summed E-state index contributed by atoms with van der Waals surface area (Å²) in [5.41, 5.74) is 2.09. The van der Waals surface area contributed by atoms with Crippen LogP contribution < -0.4 is 4.74 Å². The second kappa shape index (κ2) is 5.33. The number of rotatable bonds is 4. The highest BCUT2D eigenvalue weighted by atomic mass is 16.5. The number of aliphatic hydroxyl groups excluding tert-OH is 1. The van der Waals surface area contributed by atoms with E-state index >= 15 is 0 Å². The quantitative estimate of drug-likeness (QED) is 0.845. The van der Waals surface area contributed by atoms with Crippen molar-refractivity contribution in [3.8, 4) is 16.9 Å². The summed E-state index contributed by atoms with van der Waals surface area (Å²) in [5.74, 6) is 0.777. The molecule has 0 saturated heterocycles. The van der Waals surface area contributed by atoms with Crippen LogP contribution in [-0.4, -0.2) is 18.3 Å². The highest BCUT2D eigenvalue weighted by Crippen LogP contribution is 2.29. The second-order valence-corrected chi connectivity index (χ2v) is 3.36. The van der Waals surface area contributed by atoms with Crippen LogP contribution in [0.1, 0.15) is 0 Å². The summed E-state index contributed by atoms with van der Waals surface area (Å²) in [5, 5.41) is 8.76. The van der Waals surface area contributed by atoms with Gasteiger partial charge < -0.3 is 9.84 Å². The molecule has 2 aromatic carbocycles. The molecule has 1 N–H and O–H groups in total. The zero-order valence-electron chi connectivity index (χ0n) is 8.89. The number of aliphatic hydroxyl groups is 1. The van der Waals surface area contributed by atoms with Gasteiger partial charge in [0.05, 0.1) is 6.61 Å². The van der Waals surface area contributed by atoms with Crippen molar-refractivity contribution in [2.75, 3.05) is 13.2 Å². The fourth-order valence-electron chi connectivity index (χ4n) is 1.54. The Labute approximate surface area is 95.1 Å². The monoisotopic (exact) mass is 213 g/mol. The van der Waals surface area contributed by atoms with Crippen molar-refractivity contribution in [3.05, 3.63) is 54.6 Å². The first-order valence-corrected chi connectivity index (χ1v) is 5.21. The molecule has 0 bridgehead atoms. The Morgan fingerprint density at radius 2 is 1.94 bits per heavy atom. The lowest BCUT2D eigenvalue weighted by atomic mass is 10.1. The number of hydrogen-bond donors (Lipinski definition) is 1. The molecule has 0 unspecified atom stereocenters. The van der Waals surface area contributed by atoms with Crippen LogP contribution in [0.5, 0.6) is 5.75 Å². The second-order valence-electron chi connectivity index (χ2n) is 3.36. The SMILES string of the molecule is OCCOc1cc[c]cc1-c1ccccc1. The largest absolute Gasteiger partial charge is 0.491 e. The molecule has 0 atom stereocenters. The number of hydrogen-bond acceptors (Lipinski definition) is 2. The highest BCUT2D eigenvalue weighted by molar-refractivity contribution is 5.69. The number of benzene rings is 2. The molecule has 16 heavy (non-hydrogen) atoms. The van der Waals surface area contributed by atoms with E-state index in [1.165, 1.54) is 0 Å². The lowest BCUT2D eigenvalue weighted by molar-refractivity contribution is 0.202. The smallest absolute Gasteiger partial charge is 0.127 e. The minimum absolute atomic E-state index is 0.0207. The molecule has 0 aromatic heterocycles. The molecule has 81 valence electrons. The highest BCUT2D eigenvalue weighted by Gasteiger charge is 2.04. The third-order valence-corrected chi connectivity index (χ3v) is 2.26. The van der Waals surface area contributed by atoms with Crippen molar-refractivity contribution < 1.29 is 9.84 Å². The first-order chi connectivity index (χ1) is 7.92. The third-order valence-electron chi connectivity index (χ3n) is 2.26. The predicted octanol–water partition coefficient (Wildman–Crippen LogP) is 2.52. The molecule has 0 aliphatic carbocycles. The van der Waals surface area contributed by atoms with Crippen LogP contribution in [0.2, 0.25) is 0 Å². The zero-order valence-corrected chi connectivity index (χ0v) is 8.89. The molecule has 0 saturated carbocycles. The lowest BCUT2D eigenvalue weighted by Gasteiger charge is -2.10. The fraction of sp³-hybridized carbons (Fsp3) is 0.143. The van der Waals surface area contributed by atoms with E-state index in [0.29, 0.717) is 6.61 Å². The minimum atomic E-state index is 0.0207. The van der Waals surface area contributed by atoms with E-state index < -0.39 is 0 Å². The van der Waals surface area contributed by atoms with Gasteiger partial charge in [-0.25, -0.2) is 0 Å². The summed E-state index contributed by atoms with van der Waals surface area (Å²) in [6, 6.07) is 18.6. The lowest BCUT2D eigenvalue weighted by Crippen LogP contribution is -2.02. The molecule has 0 aliphatic heterocycles. The minimum Gasteiger partial charge on any atom is -0.491 e. The van der Waals surface area contributed by atoms with Crippen LogP contribution in [0, 0.1) is 6.07 Å². The van der Waals surface area contributed by atoms with E-state index in [1.54, 1.807) is 6.07 Å². The predicted molar refractivity (Wildman–Crippen MR) is 63.3 cm³/mol. The summed E-state index contributed by atoms with van der Waals surface area (Å²) in [7, 11) is 0. The molecule has 2 heteroatoms. The molecule has 0 fully saturated rings. The summed E-state index contributed by atoms with van der Waals surface area (Å²) in [6.07, 6.45) is 0. The van der Waals surface area contributed by atoms with E-state index in [9.17, 15) is 0 Å². The molecule has 2 rings (SSSR count). The van der Waals surface area contributed by atoms with Crippen LogP contribution in [0.15, 0.2) is 48.5 Å². The van der Waals surface area contributed by atoms with Crippen molar-refractivity contribution in [2.24, 2.45) is 0 Å². The van der Waals surface area contributed by atoms with Gasteiger partial charge in [0.1, 0.15) is 12.4 Å². The fourth-order valence-corrected chi connectivity index (χ4v) is 1.54. The van der Waals surface area contributed by atoms with Gasteiger partial charge in [0.15, 0.2) is 0 Å². The summed E-state index contributed by atoms with van der Waals surface area (Å²) < 4.78 is 5.47. The first kappa shape index (κ1) is 10.7. The van der Waals surface area contributed by atoms with Gasteiger partial charge in [0, 0.05) is 5.56 Å². The van der Waals surface area contributed by atoms with Gasteiger partial charge in [-0.15, -0.1) is 0 Å². The van der Waals surface area contributed by atoms with Crippen LogP contribution in [0.3, 0.4) is 0 Å². The maximum atomic E-state index is 8.76. The Hall–Kier alpha value is -1.80. The molecule has 2 nitrogen and oxygen atoms in total. The van der Waals surface area contributed by atoms with Gasteiger partial charge in [0.25, 0.3) is 0 Å². The molecule has 2 aromatic rings. The molecule has 0 amide bonds. The van der Waals surface area contributed by atoms with E-state index in [1.807, 2.05) is 42.5 Å². The van der Waals surface area contributed by atoms with Gasteiger partial charge in [-0.1, -0.05) is 36.4 Å². The first-order valence-electron chi connectivity index (χ1n) is 5.21. The summed E-state index contributed by atoms with van der Waals surface area (Å²) >= 11 is 0. The van der Waals surface area contributed by atoms with Crippen molar-refractivity contribution in [1.82, 2.24) is 0 Å². The molecule has 1 radical (unpaired) electrons. The summed E-state index contributed by atoms with van der Waals surface area (Å²) in [4.78, 5) is 0. The summed E-state index contributed by atoms with van der Waals surface area (Å²) in [6.45, 7) is 0.330.